The first-order chi connectivity index (χ1) is 9.62. The van der Waals surface area contributed by atoms with Crippen molar-refractivity contribution >= 4 is 10.8 Å². The first-order valence-corrected chi connectivity index (χ1v) is 8.09. The lowest BCUT2D eigenvalue weighted by Gasteiger charge is -2.22. The highest BCUT2D eigenvalue weighted by Crippen LogP contribution is 2.27. The summed E-state index contributed by atoms with van der Waals surface area (Å²) in [6, 6.07) is 15.4. The van der Waals surface area contributed by atoms with E-state index in [1.165, 1.54) is 54.9 Å². The molecular formula is C20H28. The van der Waals surface area contributed by atoms with Crippen LogP contribution in [0.5, 0.6) is 0 Å². The molecule has 0 spiro atoms. The number of hydrogen-bond donors (Lipinski definition) is 0. The molecule has 0 saturated carbocycles. The Hall–Kier alpha value is -1.30. The predicted octanol–water partition coefficient (Wildman–Crippen LogP) is 6.38. The molecule has 0 aromatic heterocycles. The van der Waals surface area contributed by atoms with E-state index in [-0.39, 0.29) is 0 Å². The molecule has 0 aliphatic heterocycles. The highest BCUT2D eigenvalue weighted by atomic mass is 14.2. The molecule has 2 aromatic rings. The van der Waals surface area contributed by atoms with Crippen molar-refractivity contribution in [2.45, 2.75) is 59.3 Å². The van der Waals surface area contributed by atoms with Gasteiger partial charge in [-0.2, -0.15) is 0 Å². The fourth-order valence-electron chi connectivity index (χ4n) is 2.78. The van der Waals surface area contributed by atoms with E-state index in [0.29, 0.717) is 5.41 Å². The molecular weight excluding hydrogens is 240 g/mol. The van der Waals surface area contributed by atoms with Gasteiger partial charge in [-0.3, -0.25) is 0 Å². The number of fused-ring (bicyclic) bond motifs is 1. The Kier molecular flexibility index (Phi) is 5.23. The molecule has 0 unspecified atom stereocenters. The number of rotatable bonds is 7. The van der Waals surface area contributed by atoms with Gasteiger partial charge >= 0.3 is 0 Å². The van der Waals surface area contributed by atoms with Crippen LogP contribution in [0.4, 0.5) is 0 Å². The zero-order chi connectivity index (χ0) is 14.4. The van der Waals surface area contributed by atoms with Crippen LogP contribution < -0.4 is 0 Å². The van der Waals surface area contributed by atoms with Crippen LogP contribution in [0.3, 0.4) is 0 Å². The fraction of sp³-hybridized carbons (Fsp3) is 0.500. The van der Waals surface area contributed by atoms with E-state index in [4.69, 9.17) is 0 Å². The van der Waals surface area contributed by atoms with Crippen molar-refractivity contribution in [3.05, 3.63) is 48.0 Å². The lowest BCUT2D eigenvalue weighted by Crippen LogP contribution is -2.08. The quantitative estimate of drug-likeness (QED) is 0.511. The molecule has 0 heteroatoms. The average Bonchev–Trinajstić information content (AvgIpc) is 2.47. The maximum Gasteiger partial charge on any atom is -0.0152 e. The molecule has 108 valence electrons. The minimum atomic E-state index is 0.527. The predicted molar refractivity (Wildman–Crippen MR) is 90.2 cm³/mol. The van der Waals surface area contributed by atoms with Gasteiger partial charge in [-0.1, -0.05) is 82.5 Å². The summed E-state index contributed by atoms with van der Waals surface area (Å²) in [5, 5.41) is 2.81. The molecule has 2 rings (SSSR count). The number of aryl methyl sites for hydroxylation is 1. The molecule has 0 nitrogen and oxygen atoms in total. The van der Waals surface area contributed by atoms with Gasteiger partial charge in [0.1, 0.15) is 0 Å². The van der Waals surface area contributed by atoms with Crippen LogP contribution in [0, 0.1) is 5.41 Å². The van der Waals surface area contributed by atoms with Crippen molar-refractivity contribution in [2.75, 3.05) is 0 Å². The molecule has 2 aromatic carbocycles. The van der Waals surface area contributed by atoms with E-state index in [1.807, 2.05) is 0 Å². The van der Waals surface area contributed by atoms with Crippen molar-refractivity contribution in [2.24, 2.45) is 5.41 Å². The maximum absolute atomic E-state index is 2.39. The third-order valence-electron chi connectivity index (χ3n) is 4.64. The summed E-state index contributed by atoms with van der Waals surface area (Å²) in [6.07, 6.45) is 7.90. The Morgan fingerprint density at radius 3 is 2.40 bits per heavy atom. The molecule has 0 fully saturated rings. The third kappa shape index (κ3) is 4.10. The van der Waals surface area contributed by atoms with E-state index in [0.717, 1.165) is 0 Å². The van der Waals surface area contributed by atoms with Gasteiger partial charge in [0.15, 0.2) is 0 Å². The molecule has 0 saturated heterocycles. The lowest BCUT2D eigenvalue weighted by molar-refractivity contribution is 0.308. The monoisotopic (exact) mass is 268 g/mol. The average molecular weight is 268 g/mol. The lowest BCUT2D eigenvalue weighted by atomic mass is 9.84. The summed E-state index contributed by atoms with van der Waals surface area (Å²) < 4.78 is 0. The molecule has 0 N–H and O–H groups in total. The smallest absolute Gasteiger partial charge is 0.0152 e. The van der Waals surface area contributed by atoms with Crippen molar-refractivity contribution < 1.29 is 0 Å². The standard InChI is InChI=1S/C20H28/c1-4-20(2,3)16-9-5-6-11-17-13-10-14-18-12-7-8-15-19(17)18/h7-8,10,12-15H,4-6,9,11,16H2,1-3H3. The summed E-state index contributed by atoms with van der Waals surface area (Å²) >= 11 is 0. The van der Waals surface area contributed by atoms with E-state index in [1.54, 1.807) is 0 Å². The second kappa shape index (κ2) is 6.92. The molecule has 0 aliphatic rings. The highest BCUT2D eigenvalue weighted by Gasteiger charge is 2.13. The Morgan fingerprint density at radius 2 is 1.60 bits per heavy atom. The zero-order valence-electron chi connectivity index (χ0n) is 13.3. The van der Waals surface area contributed by atoms with Crippen molar-refractivity contribution in [1.29, 1.82) is 0 Å². The summed E-state index contributed by atoms with van der Waals surface area (Å²) in [7, 11) is 0. The summed E-state index contributed by atoms with van der Waals surface area (Å²) in [6.45, 7) is 7.07. The van der Waals surface area contributed by atoms with Crippen LogP contribution in [-0.4, -0.2) is 0 Å². The van der Waals surface area contributed by atoms with Gasteiger partial charge in [0.25, 0.3) is 0 Å². The van der Waals surface area contributed by atoms with Crippen molar-refractivity contribution in [3.63, 3.8) is 0 Å². The topological polar surface area (TPSA) is 0 Å². The second-order valence-electron chi connectivity index (χ2n) is 6.72. The van der Waals surface area contributed by atoms with Crippen molar-refractivity contribution in [3.8, 4) is 0 Å². The van der Waals surface area contributed by atoms with Gasteiger partial charge in [-0.15, -0.1) is 0 Å². The van der Waals surface area contributed by atoms with Crippen LogP contribution in [-0.2, 0) is 6.42 Å². The molecule has 20 heavy (non-hydrogen) atoms. The highest BCUT2D eigenvalue weighted by molar-refractivity contribution is 5.85. The van der Waals surface area contributed by atoms with Crippen LogP contribution in [0.25, 0.3) is 10.8 Å². The van der Waals surface area contributed by atoms with E-state index in [9.17, 15) is 0 Å². The normalized spacial score (nSPS) is 11.9. The Labute approximate surface area is 124 Å². The molecule has 0 atom stereocenters. The number of benzene rings is 2. The van der Waals surface area contributed by atoms with Gasteiger partial charge < -0.3 is 0 Å². The molecule has 0 radical (unpaired) electrons. The van der Waals surface area contributed by atoms with Crippen LogP contribution >= 0.6 is 0 Å². The molecule has 0 bridgehead atoms. The SMILES string of the molecule is CCC(C)(C)CCCCCc1cccc2ccccc12. The minimum absolute atomic E-state index is 0.527. The summed E-state index contributed by atoms with van der Waals surface area (Å²) in [5.74, 6) is 0. The first-order valence-electron chi connectivity index (χ1n) is 8.09. The maximum atomic E-state index is 2.39. The van der Waals surface area contributed by atoms with E-state index >= 15 is 0 Å². The molecule has 0 amide bonds. The van der Waals surface area contributed by atoms with E-state index < -0.39 is 0 Å². The van der Waals surface area contributed by atoms with E-state index in [2.05, 4.69) is 63.2 Å². The zero-order valence-corrected chi connectivity index (χ0v) is 13.3. The Bertz CT molecular complexity index is 531. The fourth-order valence-corrected chi connectivity index (χ4v) is 2.78. The number of unbranched alkanes of at least 4 members (excludes halogenated alkanes) is 2. The van der Waals surface area contributed by atoms with Gasteiger partial charge in [-0.25, -0.2) is 0 Å². The van der Waals surface area contributed by atoms with Gasteiger partial charge in [-0.05, 0) is 41.0 Å². The summed E-state index contributed by atoms with van der Waals surface area (Å²) in [4.78, 5) is 0. The van der Waals surface area contributed by atoms with Crippen LogP contribution in [0.2, 0.25) is 0 Å². The number of hydrogen-bond acceptors (Lipinski definition) is 0. The van der Waals surface area contributed by atoms with Crippen molar-refractivity contribution in [1.82, 2.24) is 0 Å². The van der Waals surface area contributed by atoms with Gasteiger partial charge in [0.05, 0.1) is 0 Å². The van der Waals surface area contributed by atoms with Gasteiger partial charge in [0, 0.05) is 0 Å². The van der Waals surface area contributed by atoms with Crippen LogP contribution in [0.15, 0.2) is 42.5 Å². The largest absolute Gasteiger partial charge is 0.0649 e. The van der Waals surface area contributed by atoms with Gasteiger partial charge in [0.2, 0.25) is 0 Å². The molecule has 0 aliphatic carbocycles. The summed E-state index contributed by atoms with van der Waals surface area (Å²) in [5.41, 5.74) is 2.04. The second-order valence-corrected chi connectivity index (χ2v) is 6.72. The minimum Gasteiger partial charge on any atom is -0.0649 e. The molecule has 0 heterocycles. The third-order valence-corrected chi connectivity index (χ3v) is 4.64. The Balaban J connectivity index is 1.85. The Morgan fingerprint density at radius 1 is 0.850 bits per heavy atom. The van der Waals surface area contributed by atoms with Crippen LogP contribution in [0.1, 0.15) is 58.4 Å². The first kappa shape index (κ1) is 15.1.